The highest BCUT2D eigenvalue weighted by Crippen LogP contribution is 2.35. The number of hydrogen-bond acceptors (Lipinski definition) is 4. The average Bonchev–Trinajstić information content (AvgIpc) is 2.94. The molecule has 0 fully saturated rings. The van der Waals surface area contributed by atoms with Crippen LogP contribution in [0, 0.1) is 6.92 Å². The molecule has 3 nitrogen and oxygen atoms in total. The van der Waals surface area contributed by atoms with E-state index in [1.165, 1.54) is 16.9 Å². The molecule has 92 valence electrons. The molecule has 18 heavy (non-hydrogen) atoms. The van der Waals surface area contributed by atoms with E-state index in [-0.39, 0.29) is 11.4 Å². The lowest BCUT2D eigenvalue weighted by atomic mass is 10.1. The van der Waals surface area contributed by atoms with Gasteiger partial charge in [0.1, 0.15) is 10.7 Å². The molecule has 0 aliphatic rings. The van der Waals surface area contributed by atoms with E-state index in [0.717, 1.165) is 15.3 Å². The highest BCUT2D eigenvalue weighted by atomic mass is 35.5. The quantitative estimate of drug-likeness (QED) is 0.732. The fourth-order valence-electron chi connectivity index (χ4n) is 1.87. The van der Waals surface area contributed by atoms with Crippen LogP contribution in [0.3, 0.4) is 0 Å². The second-order valence-corrected chi connectivity index (χ2v) is 5.95. The molecule has 0 saturated heterocycles. The summed E-state index contributed by atoms with van der Waals surface area (Å²) in [5, 5.41) is 4.69. The number of nitrogens with zero attached hydrogens (tertiary/aromatic N) is 1. The molecule has 0 unspecified atom stereocenters. The van der Waals surface area contributed by atoms with Gasteiger partial charge < -0.3 is 4.98 Å². The highest BCUT2D eigenvalue weighted by Gasteiger charge is 2.14. The zero-order chi connectivity index (χ0) is 12.7. The first-order chi connectivity index (χ1) is 8.70. The van der Waals surface area contributed by atoms with Gasteiger partial charge in [-0.25, -0.2) is 4.98 Å². The van der Waals surface area contributed by atoms with Gasteiger partial charge in [0, 0.05) is 15.8 Å². The third-order valence-corrected chi connectivity index (χ3v) is 4.90. The van der Waals surface area contributed by atoms with Crippen molar-refractivity contribution in [3.05, 3.63) is 38.6 Å². The van der Waals surface area contributed by atoms with Gasteiger partial charge in [-0.05, 0) is 23.9 Å². The van der Waals surface area contributed by atoms with E-state index in [1.54, 1.807) is 11.3 Å². The SMILES string of the molecule is Cc1ccsc1-c1csc2nc(CCl)[nH]c(=O)c12. The highest BCUT2D eigenvalue weighted by molar-refractivity contribution is 7.18. The van der Waals surface area contributed by atoms with Gasteiger partial charge in [-0.2, -0.15) is 0 Å². The van der Waals surface area contributed by atoms with Crippen molar-refractivity contribution in [1.82, 2.24) is 9.97 Å². The Kier molecular flexibility index (Phi) is 2.97. The summed E-state index contributed by atoms with van der Waals surface area (Å²) >= 11 is 8.83. The molecule has 1 N–H and O–H groups in total. The molecule has 3 aromatic rings. The molecule has 0 spiro atoms. The molecule has 3 rings (SSSR count). The third-order valence-electron chi connectivity index (χ3n) is 2.73. The van der Waals surface area contributed by atoms with E-state index in [2.05, 4.69) is 16.0 Å². The van der Waals surface area contributed by atoms with Crippen molar-refractivity contribution in [2.45, 2.75) is 12.8 Å². The van der Waals surface area contributed by atoms with Crippen LogP contribution in [0.1, 0.15) is 11.4 Å². The molecule has 3 aromatic heterocycles. The van der Waals surface area contributed by atoms with Crippen LogP contribution in [-0.2, 0) is 5.88 Å². The summed E-state index contributed by atoms with van der Waals surface area (Å²) in [4.78, 5) is 21.1. The van der Waals surface area contributed by atoms with Crippen molar-refractivity contribution in [2.24, 2.45) is 0 Å². The molecule has 0 atom stereocenters. The fraction of sp³-hybridized carbons (Fsp3) is 0.167. The number of aromatic amines is 1. The lowest BCUT2D eigenvalue weighted by Gasteiger charge is -1.98. The van der Waals surface area contributed by atoms with Gasteiger partial charge in [-0.3, -0.25) is 4.79 Å². The summed E-state index contributed by atoms with van der Waals surface area (Å²) in [6, 6.07) is 2.05. The van der Waals surface area contributed by atoms with Gasteiger partial charge in [-0.15, -0.1) is 34.3 Å². The topological polar surface area (TPSA) is 45.8 Å². The summed E-state index contributed by atoms with van der Waals surface area (Å²) in [7, 11) is 0. The van der Waals surface area contributed by atoms with Crippen LogP contribution < -0.4 is 5.56 Å². The number of halogens is 1. The maximum Gasteiger partial charge on any atom is 0.260 e. The van der Waals surface area contributed by atoms with Crippen molar-refractivity contribution in [1.29, 1.82) is 0 Å². The van der Waals surface area contributed by atoms with Crippen molar-refractivity contribution in [2.75, 3.05) is 0 Å². The molecule has 3 heterocycles. The van der Waals surface area contributed by atoms with Crippen molar-refractivity contribution >= 4 is 44.5 Å². The van der Waals surface area contributed by atoms with Gasteiger partial charge in [-0.1, -0.05) is 0 Å². The summed E-state index contributed by atoms with van der Waals surface area (Å²) in [6.07, 6.45) is 0. The molecule has 0 aliphatic carbocycles. The number of aromatic nitrogens is 2. The second-order valence-electron chi connectivity index (χ2n) is 3.91. The van der Waals surface area contributed by atoms with E-state index in [0.29, 0.717) is 11.2 Å². The monoisotopic (exact) mass is 296 g/mol. The van der Waals surface area contributed by atoms with Gasteiger partial charge in [0.2, 0.25) is 0 Å². The summed E-state index contributed by atoms with van der Waals surface area (Å²) in [5.41, 5.74) is 2.04. The number of thiophene rings is 2. The number of fused-ring (bicyclic) bond motifs is 1. The molecular weight excluding hydrogens is 288 g/mol. The second kappa shape index (κ2) is 4.50. The Hall–Kier alpha value is -1.17. The van der Waals surface area contributed by atoms with E-state index in [9.17, 15) is 4.79 Å². The smallest absolute Gasteiger partial charge is 0.260 e. The molecule has 0 saturated carbocycles. The predicted molar refractivity (Wildman–Crippen MR) is 77.8 cm³/mol. The normalized spacial score (nSPS) is 11.2. The lowest BCUT2D eigenvalue weighted by molar-refractivity contribution is 1.04. The lowest BCUT2D eigenvalue weighted by Crippen LogP contribution is -2.10. The molecular formula is C12H9ClN2OS2. The van der Waals surface area contributed by atoms with Crippen LogP contribution >= 0.6 is 34.3 Å². The number of aryl methyl sites for hydroxylation is 1. The minimum Gasteiger partial charge on any atom is -0.309 e. The van der Waals surface area contributed by atoms with Crippen LogP contribution in [0.4, 0.5) is 0 Å². The molecule has 0 aliphatic heterocycles. The van der Waals surface area contributed by atoms with Gasteiger partial charge in [0.15, 0.2) is 0 Å². The molecule has 0 amide bonds. The average molecular weight is 297 g/mol. The zero-order valence-corrected chi connectivity index (χ0v) is 11.9. The Balaban J connectivity index is 2.34. The van der Waals surface area contributed by atoms with E-state index >= 15 is 0 Å². The summed E-state index contributed by atoms with van der Waals surface area (Å²) < 4.78 is 0. The maximum atomic E-state index is 12.1. The van der Waals surface area contributed by atoms with E-state index < -0.39 is 0 Å². The predicted octanol–water partition coefficient (Wildman–Crippen LogP) is 3.76. The molecule has 0 aromatic carbocycles. The number of nitrogens with one attached hydrogen (secondary N) is 1. The van der Waals surface area contributed by atoms with Gasteiger partial charge in [0.25, 0.3) is 5.56 Å². The van der Waals surface area contributed by atoms with Crippen LogP contribution in [0.25, 0.3) is 20.7 Å². The van der Waals surface area contributed by atoms with Crippen molar-refractivity contribution in [3.63, 3.8) is 0 Å². The molecule has 0 bridgehead atoms. The van der Waals surface area contributed by atoms with Crippen molar-refractivity contribution < 1.29 is 0 Å². The van der Waals surface area contributed by atoms with E-state index in [4.69, 9.17) is 11.6 Å². The summed E-state index contributed by atoms with van der Waals surface area (Å²) in [5.74, 6) is 0.738. The van der Waals surface area contributed by atoms with Gasteiger partial charge in [0.05, 0.1) is 11.3 Å². The zero-order valence-electron chi connectivity index (χ0n) is 9.49. The summed E-state index contributed by atoms with van der Waals surface area (Å²) in [6.45, 7) is 2.05. The first-order valence-electron chi connectivity index (χ1n) is 5.31. The van der Waals surface area contributed by atoms with Gasteiger partial charge >= 0.3 is 0 Å². The van der Waals surface area contributed by atoms with Crippen LogP contribution in [0.2, 0.25) is 0 Å². The first kappa shape index (κ1) is 11.9. The largest absolute Gasteiger partial charge is 0.309 e. The van der Waals surface area contributed by atoms with Crippen LogP contribution in [0.5, 0.6) is 0 Å². The third kappa shape index (κ3) is 1.79. The Morgan fingerprint density at radius 2 is 2.28 bits per heavy atom. The number of rotatable bonds is 2. The molecule has 0 radical (unpaired) electrons. The maximum absolute atomic E-state index is 12.1. The molecule has 6 heteroatoms. The van der Waals surface area contributed by atoms with E-state index in [1.807, 2.05) is 17.7 Å². The minimum absolute atomic E-state index is 0.111. The minimum atomic E-state index is -0.111. The standard InChI is InChI=1S/C12H9ClN2OS2/c1-6-2-3-17-10(6)7-5-18-12-9(7)11(16)14-8(4-13)15-12/h2-3,5H,4H2,1H3,(H,14,15,16). The Labute approximate surface area is 116 Å². The number of alkyl halides is 1. The fourth-order valence-corrected chi connectivity index (χ4v) is 3.97. The van der Waals surface area contributed by atoms with Crippen LogP contribution in [-0.4, -0.2) is 9.97 Å². The Morgan fingerprint density at radius 3 is 2.94 bits per heavy atom. The number of hydrogen-bond donors (Lipinski definition) is 1. The van der Waals surface area contributed by atoms with Crippen LogP contribution in [0.15, 0.2) is 21.6 Å². The Morgan fingerprint density at radius 1 is 1.44 bits per heavy atom. The Bertz CT molecular complexity index is 772. The number of H-pyrrole nitrogens is 1. The first-order valence-corrected chi connectivity index (χ1v) is 7.61. The van der Waals surface area contributed by atoms with Crippen molar-refractivity contribution in [3.8, 4) is 10.4 Å².